The molecule has 2 aromatic rings. The molecular weight excluding hydrogens is 504 g/mol. The van der Waals surface area contributed by atoms with E-state index >= 15 is 0 Å². The van der Waals surface area contributed by atoms with Gasteiger partial charge in [-0.05, 0) is 53.7 Å². The number of hydrogen-bond donors (Lipinski definition) is 2. The molecule has 0 saturated carbocycles. The molecular formula is C21H17BrN2O7S. The van der Waals surface area contributed by atoms with Crippen molar-refractivity contribution in [2.75, 3.05) is 20.8 Å². The van der Waals surface area contributed by atoms with E-state index in [2.05, 4.69) is 20.9 Å². The van der Waals surface area contributed by atoms with E-state index in [-0.39, 0.29) is 17.2 Å². The van der Waals surface area contributed by atoms with Crippen LogP contribution in [-0.4, -0.2) is 58.9 Å². The molecule has 3 rings (SSSR count). The number of halogens is 1. The van der Waals surface area contributed by atoms with Crippen LogP contribution in [0.5, 0.6) is 11.5 Å². The van der Waals surface area contributed by atoms with Gasteiger partial charge in [-0.15, -0.1) is 0 Å². The third-order valence-corrected chi connectivity index (χ3v) is 5.99. The fourth-order valence-electron chi connectivity index (χ4n) is 2.69. The van der Waals surface area contributed by atoms with E-state index in [4.69, 9.17) is 19.7 Å². The number of thioether (sulfide) groups is 1. The molecule has 0 unspecified atom stereocenters. The van der Waals surface area contributed by atoms with E-state index in [1.807, 2.05) is 0 Å². The van der Waals surface area contributed by atoms with Crippen molar-refractivity contribution in [3.05, 3.63) is 56.9 Å². The number of carbonyl (C=O) groups excluding carboxylic acids is 1. The largest absolute Gasteiger partial charge is 0.493 e. The standard InChI is InChI=1S/C21H17BrN2O7S/c1-24-19(27)17(32-21(24)23-13-5-3-4-11(6-13)20(28)29)8-12-7-15(30-2)16(9-14(12)22)31-10-18(25)26/h3-9H,10H2,1-2H3,(H,25,26)(H,28,29)/b17-8-,23-21?. The Hall–Kier alpha value is -3.31. The fraction of sp³-hybridized carbons (Fsp3) is 0.143. The third kappa shape index (κ3) is 5.29. The van der Waals surface area contributed by atoms with Crippen molar-refractivity contribution >= 4 is 62.5 Å². The van der Waals surface area contributed by atoms with Gasteiger partial charge in [0, 0.05) is 11.5 Å². The number of ether oxygens (including phenoxy) is 2. The molecule has 0 atom stereocenters. The molecule has 166 valence electrons. The van der Waals surface area contributed by atoms with E-state index in [0.29, 0.717) is 31.5 Å². The summed E-state index contributed by atoms with van der Waals surface area (Å²) in [5, 5.41) is 18.3. The molecule has 32 heavy (non-hydrogen) atoms. The quantitative estimate of drug-likeness (QED) is 0.527. The Balaban J connectivity index is 1.91. The van der Waals surface area contributed by atoms with Gasteiger partial charge in [0.25, 0.3) is 5.91 Å². The summed E-state index contributed by atoms with van der Waals surface area (Å²) in [7, 11) is 3.00. The highest BCUT2D eigenvalue weighted by atomic mass is 79.9. The second-order valence-electron chi connectivity index (χ2n) is 6.43. The van der Waals surface area contributed by atoms with Gasteiger partial charge in [0.1, 0.15) is 0 Å². The van der Waals surface area contributed by atoms with Crippen molar-refractivity contribution in [1.82, 2.24) is 4.90 Å². The van der Waals surface area contributed by atoms with Gasteiger partial charge in [-0.25, -0.2) is 14.6 Å². The van der Waals surface area contributed by atoms with Gasteiger partial charge in [-0.3, -0.25) is 9.69 Å². The van der Waals surface area contributed by atoms with Crippen LogP contribution in [0.4, 0.5) is 5.69 Å². The zero-order chi connectivity index (χ0) is 23.4. The van der Waals surface area contributed by atoms with Gasteiger partial charge in [-0.2, -0.15) is 0 Å². The number of rotatable bonds is 7. The number of carboxylic acid groups (broad SMARTS) is 2. The first-order valence-corrected chi connectivity index (χ1v) is 10.6. The Morgan fingerprint density at radius 2 is 1.97 bits per heavy atom. The van der Waals surface area contributed by atoms with Crippen LogP contribution in [-0.2, 0) is 9.59 Å². The Kier molecular flexibility index (Phi) is 7.21. The summed E-state index contributed by atoms with van der Waals surface area (Å²) in [6, 6.07) is 9.30. The number of aromatic carboxylic acids is 1. The summed E-state index contributed by atoms with van der Waals surface area (Å²) in [6.07, 6.45) is 1.65. The monoisotopic (exact) mass is 520 g/mol. The van der Waals surface area contributed by atoms with Crippen LogP contribution in [0.25, 0.3) is 6.08 Å². The molecule has 1 aliphatic heterocycles. The molecule has 1 heterocycles. The minimum atomic E-state index is -1.12. The summed E-state index contributed by atoms with van der Waals surface area (Å²) in [5.74, 6) is -1.91. The lowest BCUT2D eigenvalue weighted by Gasteiger charge is -2.11. The summed E-state index contributed by atoms with van der Waals surface area (Å²) in [5.41, 5.74) is 1.12. The molecule has 0 bridgehead atoms. The van der Waals surface area contributed by atoms with Crippen LogP contribution in [0.15, 0.2) is 50.8 Å². The second-order valence-corrected chi connectivity index (χ2v) is 8.30. The van der Waals surface area contributed by atoms with E-state index in [1.54, 1.807) is 37.4 Å². The summed E-state index contributed by atoms with van der Waals surface area (Å²) < 4.78 is 11.1. The van der Waals surface area contributed by atoms with Crippen molar-refractivity contribution in [1.29, 1.82) is 0 Å². The molecule has 0 spiro atoms. The number of carboxylic acids is 2. The molecule has 0 radical (unpaired) electrons. The molecule has 1 aliphatic rings. The Bertz CT molecular complexity index is 1160. The molecule has 1 amide bonds. The number of aliphatic imine (C=N–C) groups is 1. The van der Waals surface area contributed by atoms with Crippen LogP contribution < -0.4 is 9.47 Å². The molecule has 11 heteroatoms. The number of nitrogens with zero attached hydrogens (tertiary/aromatic N) is 2. The van der Waals surface area contributed by atoms with Gasteiger partial charge in [0.2, 0.25) is 0 Å². The van der Waals surface area contributed by atoms with E-state index in [1.165, 1.54) is 24.1 Å². The Morgan fingerprint density at radius 3 is 2.62 bits per heavy atom. The molecule has 0 aliphatic carbocycles. The van der Waals surface area contributed by atoms with Crippen LogP contribution in [0.1, 0.15) is 15.9 Å². The normalized spacial score (nSPS) is 16.0. The topological polar surface area (TPSA) is 126 Å². The molecule has 9 nitrogen and oxygen atoms in total. The van der Waals surface area contributed by atoms with Crippen LogP contribution in [0.3, 0.4) is 0 Å². The number of amidine groups is 1. The SMILES string of the molecule is COc1cc(/C=C2\SC(=Nc3cccc(C(=O)O)c3)N(C)C2=O)c(Br)cc1OCC(=O)O. The van der Waals surface area contributed by atoms with Gasteiger partial charge >= 0.3 is 11.9 Å². The average Bonchev–Trinajstić information content (AvgIpc) is 3.01. The predicted molar refractivity (Wildman–Crippen MR) is 123 cm³/mol. The van der Waals surface area contributed by atoms with Gasteiger partial charge in [-0.1, -0.05) is 22.0 Å². The zero-order valence-electron chi connectivity index (χ0n) is 16.9. The van der Waals surface area contributed by atoms with Gasteiger partial charge < -0.3 is 19.7 Å². The number of likely N-dealkylation sites (N-methyl/N-ethyl adjacent to an activating group) is 1. The first kappa shape index (κ1) is 23.4. The highest BCUT2D eigenvalue weighted by molar-refractivity contribution is 9.10. The van der Waals surface area contributed by atoms with Crippen LogP contribution in [0.2, 0.25) is 0 Å². The van der Waals surface area contributed by atoms with E-state index in [9.17, 15) is 14.4 Å². The Labute approximate surface area is 195 Å². The number of carbonyl (C=O) groups is 3. The Morgan fingerprint density at radius 1 is 1.22 bits per heavy atom. The lowest BCUT2D eigenvalue weighted by Crippen LogP contribution is -2.23. The molecule has 2 aromatic carbocycles. The summed E-state index contributed by atoms with van der Waals surface area (Å²) >= 11 is 4.54. The van der Waals surface area contributed by atoms with Gasteiger partial charge in [0.05, 0.1) is 23.3 Å². The lowest BCUT2D eigenvalue weighted by atomic mass is 10.2. The van der Waals surface area contributed by atoms with Crippen molar-refractivity contribution in [2.24, 2.45) is 4.99 Å². The number of amides is 1. The molecule has 1 saturated heterocycles. The smallest absolute Gasteiger partial charge is 0.341 e. The first-order chi connectivity index (χ1) is 15.2. The minimum Gasteiger partial charge on any atom is -0.493 e. The summed E-state index contributed by atoms with van der Waals surface area (Å²) in [4.78, 5) is 40.8. The maximum atomic E-state index is 12.7. The molecule has 2 N–H and O–H groups in total. The van der Waals surface area contributed by atoms with E-state index in [0.717, 1.165) is 11.8 Å². The number of aliphatic carboxylic acids is 1. The molecule has 1 fully saturated rings. The van der Waals surface area contributed by atoms with Crippen LogP contribution >= 0.6 is 27.7 Å². The van der Waals surface area contributed by atoms with Crippen molar-refractivity contribution in [3.63, 3.8) is 0 Å². The van der Waals surface area contributed by atoms with E-state index < -0.39 is 18.5 Å². The third-order valence-electron chi connectivity index (χ3n) is 4.24. The van der Waals surface area contributed by atoms with Crippen molar-refractivity contribution < 1.29 is 34.1 Å². The van der Waals surface area contributed by atoms with Crippen LogP contribution in [0, 0.1) is 0 Å². The first-order valence-electron chi connectivity index (χ1n) is 9.01. The van der Waals surface area contributed by atoms with Crippen molar-refractivity contribution in [3.8, 4) is 11.5 Å². The number of methoxy groups -OCH3 is 1. The maximum Gasteiger partial charge on any atom is 0.341 e. The number of hydrogen-bond acceptors (Lipinski definition) is 7. The van der Waals surface area contributed by atoms with Crippen molar-refractivity contribution in [2.45, 2.75) is 0 Å². The van der Waals surface area contributed by atoms with Gasteiger partial charge in [0.15, 0.2) is 23.3 Å². The number of benzene rings is 2. The minimum absolute atomic E-state index is 0.0980. The summed E-state index contributed by atoms with van der Waals surface area (Å²) in [6.45, 7) is -0.523. The second kappa shape index (κ2) is 9.88. The molecule has 0 aromatic heterocycles. The predicted octanol–water partition coefficient (Wildman–Crippen LogP) is 3.85. The average molecular weight is 521 g/mol. The lowest BCUT2D eigenvalue weighted by molar-refractivity contribution is -0.139. The highest BCUT2D eigenvalue weighted by Crippen LogP contribution is 2.38. The maximum absolute atomic E-state index is 12.7. The zero-order valence-corrected chi connectivity index (χ0v) is 19.3. The fourth-order valence-corrected chi connectivity index (χ4v) is 4.10. The highest BCUT2D eigenvalue weighted by Gasteiger charge is 2.30.